The summed E-state index contributed by atoms with van der Waals surface area (Å²) in [5.41, 5.74) is 0. The number of rotatable bonds is 9. The lowest BCUT2D eigenvalue weighted by Crippen LogP contribution is -2.35. The normalized spacial score (nSPS) is 10.6. The molecule has 0 spiro atoms. The second kappa shape index (κ2) is 9.49. The molecule has 1 amide bonds. The summed E-state index contributed by atoms with van der Waals surface area (Å²) in [6.45, 7) is 2.55. The van der Waals surface area contributed by atoms with Crippen LogP contribution in [0.1, 0.15) is 11.3 Å². The molecule has 0 aliphatic carbocycles. The summed E-state index contributed by atoms with van der Waals surface area (Å²) in [5.74, 6) is 0.0402. The highest BCUT2D eigenvalue weighted by Crippen LogP contribution is 2.21. The van der Waals surface area contributed by atoms with E-state index in [0.717, 1.165) is 23.2 Å². The summed E-state index contributed by atoms with van der Waals surface area (Å²) in [7, 11) is 1.66. The number of carbonyl (C=O) groups excluding carboxylic acids is 1. The van der Waals surface area contributed by atoms with Gasteiger partial charge in [0.2, 0.25) is 5.91 Å². The van der Waals surface area contributed by atoms with Crippen LogP contribution in [-0.4, -0.2) is 39.3 Å². The van der Waals surface area contributed by atoms with Crippen LogP contribution in [-0.2, 0) is 16.0 Å². The molecule has 1 aromatic rings. The first-order chi connectivity index (χ1) is 8.72. The minimum Gasteiger partial charge on any atom is -0.385 e. The average molecular weight is 335 g/mol. The number of hydrogen-bond acceptors (Lipinski definition) is 4. The number of hydrogen-bond donors (Lipinski definition) is 2. The summed E-state index contributed by atoms with van der Waals surface area (Å²) in [4.78, 5) is 12.7. The molecule has 0 saturated heterocycles. The predicted octanol–water partition coefficient (Wildman–Crippen LogP) is 1.80. The minimum absolute atomic E-state index is 0.0402. The van der Waals surface area contributed by atoms with Crippen molar-refractivity contribution in [2.75, 3.05) is 33.4 Å². The molecule has 18 heavy (non-hydrogen) atoms. The standard InChI is InChI=1S/C12H19BrN2O2S/c1-17-8-2-6-15-12(16)9-14-7-5-10-3-4-11(13)18-10/h3-4,14H,2,5-9H2,1H3,(H,15,16). The lowest BCUT2D eigenvalue weighted by Gasteiger charge is -2.05. The van der Waals surface area contributed by atoms with Crippen molar-refractivity contribution in [2.24, 2.45) is 0 Å². The van der Waals surface area contributed by atoms with Gasteiger partial charge in [-0.05, 0) is 40.9 Å². The van der Waals surface area contributed by atoms with Crippen molar-refractivity contribution in [1.29, 1.82) is 0 Å². The molecular weight excluding hydrogens is 316 g/mol. The Kier molecular flexibility index (Phi) is 8.24. The summed E-state index contributed by atoms with van der Waals surface area (Å²) < 4.78 is 6.05. The number of thiophene rings is 1. The summed E-state index contributed by atoms with van der Waals surface area (Å²) in [5, 5.41) is 5.97. The Bertz CT molecular complexity index is 358. The molecular formula is C12H19BrN2O2S. The van der Waals surface area contributed by atoms with Crippen LogP contribution in [0.25, 0.3) is 0 Å². The molecule has 1 aromatic heterocycles. The molecule has 0 fully saturated rings. The SMILES string of the molecule is COCCCNC(=O)CNCCc1ccc(Br)s1. The van der Waals surface area contributed by atoms with Crippen molar-refractivity contribution in [3.05, 3.63) is 20.8 Å². The zero-order chi connectivity index (χ0) is 13.2. The third-order valence-electron chi connectivity index (χ3n) is 2.31. The Morgan fingerprint density at radius 3 is 2.94 bits per heavy atom. The van der Waals surface area contributed by atoms with Gasteiger partial charge in [-0.2, -0.15) is 0 Å². The maximum atomic E-state index is 11.4. The Balaban J connectivity index is 1.98. The maximum absolute atomic E-state index is 11.4. The third kappa shape index (κ3) is 7.10. The minimum atomic E-state index is 0.0402. The van der Waals surface area contributed by atoms with Gasteiger partial charge in [0.25, 0.3) is 0 Å². The zero-order valence-electron chi connectivity index (χ0n) is 10.5. The van der Waals surface area contributed by atoms with Crippen LogP contribution in [0.2, 0.25) is 0 Å². The molecule has 2 N–H and O–H groups in total. The van der Waals surface area contributed by atoms with Crippen LogP contribution in [0.3, 0.4) is 0 Å². The van der Waals surface area contributed by atoms with Crippen molar-refractivity contribution in [1.82, 2.24) is 10.6 Å². The summed E-state index contributed by atoms with van der Waals surface area (Å²) in [6, 6.07) is 4.14. The average Bonchev–Trinajstić information content (AvgIpc) is 2.76. The van der Waals surface area contributed by atoms with E-state index in [1.54, 1.807) is 18.4 Å². The number of halogens is 1. The second-order valence-electron chi connectivity index (χ2n) is 3.83. The molecule has 0 aliphatic rings. The highest BCUT2D eigenvalue weighted by atomic mass is 79.9. The van der Waals surface area contributed by atoms with Crippen molar-refractivity contribution in [3.63, 3.8) is 0 Å². The first-order valence-corrected chi connectivity index (χ1v) is 7.54. The summed E-state index contributed by atoms with van der Waals surface area (Å²) >= 11 is 5.16. The number of ether oxygens (including phenoxy) is 1. The van der Waals surface area contributed by atoms with Gasteiger partial charge in [0.05, 0.1) is 10.3 Å². The molecule has 6 heteroatoms. The van der Waals surface area contributed by atoms with Gasteiger partial charge < -0.3 is 15.4 Å². The maximum Gasteiger partial charge on any atom is 0.233 e. The number of amides is 1. The fourth-order valence-corrected chi connectivity index (χ4v) is 2.89. The lowest BCUT2D eigenvalue weighted by atomic mass is 10.3. The van der Waals surface area contributed by atoms with Crippen molar-refractivity contribution < 1.29 is 9.53 Å². The largest absolute Gasteiger partial charge is 0.385 e. The Morgan fingerprint density at radius 2 is 2.28 bits per heavy atom. The molecule has 0 radical (unpaired) electrons. The number of nitrogens with one attached hydrogen (secondary N) is 2. The zero-order valence-corrected chi connectivity index (χ0v) is 12.9. The number of carbonyl (C=O) groups is 1. The second-order valence-corrected chi connectivity index (χ2v) is 6.38. The molecule has 0 unspecified atom stereocenters. The van der Waals surface area contributed by atoms with E-state index in [2.05, 4.69) is 32.6 Å². The summed E-state index contributed by atoms with van der Waals surface area (Å²) in [6.07, 6.45) is 1.80. The van der Waals surface area contributed by atoms with E-state index in [4.69, 9.17) is 4.74 Å². The van der Waals surface area contributed by atoms with Crippen molar-refractivity contribution in [2.45, 2.75) is 12.8 Å². The topological polar surface area (TPSA) is 50.4 Å². The molecule has 0 aliphatic heterocycles. The van der Waals surface area contributed by atoms with Gasteiger partial charge in [0.1, 0.15) is 0 Å². The molecule has 0 atom stereocenters. The molecule has 1 heterocycles. The quantitative estimate of drug-likeness (QED) is 0.677. The van der Waals surface area contributed by atoms with Gasteiger partial charge in [-0.1, -0.05) is 0 Å². The third-order valence-corrected chi connectivity index (χ3v) is 3.99. The van der Waals surface area contributed by atoms with E-state index < -0.39 is 0 Å². The van der Waals surface area contributed by atoms with E-state index in [1.807, 2.05) is 6.07 Å². The van der Waals surface area contributed by atoms with Crippen molar-refractivity contribution >= 4 is 33.2 Å². The first kappa shape index (κ1) is 15.6. The first-order valence-electron chi connectivity index (χ1n) is 5.93. The molecule has 102 valence electrons. The van der Waals surface area contributed by atoms with E-state index in [9.17, 15) is 4.79 Å². The highest BCUT2D eigenvalue weighted by molar-refractivity contribution is 9.11. The van der Waals surface area contributed by atoms with E-state index in [1.165, 1.54) is 4.88 Å². The van der Waals surface area contributed by atoms with Crippen LogP contribution in [0.5, 0.6) is 0 Å². The predicted molar refractivity (Wildman–Crippen MR) is 78.1 cm³/mol. The molecule has 0 aromatic carbocycles. The Hall–Kier alpha value is -0.430. The highest BCUT2D eigenvalue weighted by Gasteiger charge is 2.01. The van der Waals surface area contributed by atoms with Crippen LogP contribution >= 0.6 is 27.3 Å². The Morgan fingerprint density at radius 1 is 1.44 bits per heavy atom. The van der Waals surface area contributed by atoms with Crippen LogP contribution in [0.4, 0.5) is 0 Å². The van der Waals surface area contributed by atoms with Gasteiger partial charge in [-0.3, -0.25) is 4.79 Å². The van der Waals surface area contributed by atoms with Gasteiger partial charge >= 0.3 is 0 Å². The number of methoxy groups -OCH3 is 1. The van der Waals surface area contributed by atoms with E-state index >= 15 is 0 Å². The molecule has 1 rings (SSSR count). The van der Waals surface area contributed by atoms with Gasteiger partial charge in [0, 0.05) is 31.7 Å². The smallest absolute Gasteiger partial charge is 0.233 e. The fraction of sp³-hybridized carbons (Fsp3) is 0.583. The van der Waals surface area contributed by atoms with Gasteiger partial charge in [-0.25, -0.2) is 0 Å². The van der Waals surface area contributed by atoms with Crippen LogP contribution in [0.15, 0.2) is 15.9 Å². The van der Waals surface area contributed by atoms with E-state index in [0.29, 0.717) is 19.7 Å². The van der Waals surface area contributed by atoms with Crippen molar-refractivity contribution in [3.8, 4) is 0 Å². The Labute approximate surface area is 120 Å². The van der Waals surface area contributed by atoms with Gasteiger partial charge in [0.15, 0.2) is 0 Å². The molecule has 4 nitrogen and oxygen atoms in total. The van der Waals surface area contributed by atoms with E-state index in [-0.39, 0.29) is 5.91 Å². The monoisotopic (exact) mass is 334 g/mol. The fourth-order valence-electron chi connectivity index (χ4n) is 1.41. The molecule has 0 saturated carbocycles. The lowest BCUT2D eigenvalue weighted by molar-refractivity contribution is -0.120. The molecule has 0 bridgehead atoms. The van der Waals surface area contributed by atoms with Crippen LogP contribution < -0.4 is 10.6 Å². The van der Waals surface area contributed by atoms with Gasteiger partial charge in [-0.15, -0.1) is 11.3 Å². The van der Waals surface area contributed by atoms with Crippen LogP contribution in [0, 0.1) is 0 Å².